The Hall–Kier alpha value is -1.67. The second-order valence-electron chi connectivity index (χ2n) is 5.81. The van der Waals surface area contributed by atoms with Gasteiger partial charge < -0.3 is 0 Å². The summed E-state index contributed by atoms with van der Waals surface area (Å²) in [6, 6.07) is 9.68. The number of fused-ring (bicyclic) bond motifs is 1. The second kappa shape index (κ2) is 4.17. The van der Waals surface area contributed by atoms with Crippen LogP contribution < -0.4 is 0 Å². The van der Waals surface area contributed by atoms with Gasteiger partial charge in [0, 0.05) is 37.1 Å². The maximum absolute atomic E-state index is 4.23. The van der Waals surface area contributed by atoms with E-state index in [1.807, 2.05) is 18.5 Å². The Balaban J connectivity index is 1.73. The van der Waals surface area contributed by atoms with Crippen molar-refractivity contribution in [3.63, 3.8) is 0 Å². The molecular weight excluding hydrogens is 232 g/mol. The molecule has 1 aromatic heterocycles. The summed E-state index contributed by atoms with van der Waals surface area (Å²) in [5.41, 5.74) is 7.03. The molecule has 1 aliphatic carbocycles. The lowest BCUT2D eigenvalue weighted by Gasteiger charge is -2.12. The van der Waals surface area contributed by atoms with E-state index in [1.165, 1.54) is 35.1 Å². The number of rotatable bonds is 2. The number of pyridine rings is 1. The zero-order valence-electron chi connectivity index (χ0n) is 11.3. The maximum atomic E-state index is 4.23. The van der Waals surface area contributed by atoms with Crippen LogP contribution in [0.4, 0.5) is 0 Å². The van der Waals surface area contributed by atoms with Gasteiger partial charge in [0.25, 0.3) is 0 Å². The van der Waals surface area contributed by atoms with Gasteiger partial charge in [0.05, 0.1) is 0 Å². The van der Waals surface area contributed by atoms with Crippen molar-refractivity contribution in [3.05, 3.63) is 53.3 Å². The van der Waals surface area contributed by atoms with Gasteiger partial charge in [-0.3, -0.25) is 9.88 Å². The predicted octanol–water partition coefficient (Wildman–Crippen LogP) is 3.54. The monoisotopic (exact) mass is 250 g/mol. The summed E-state index contributed by atoms with van der Waals surface area (Å²) in [6.45, 7) is 4.53. The van der Waals surface area contributed by atoms with E-state index in [0.29, 0.717) is 0 Å². The highest BCUT2D eigenvalue weighted by Gasteiger charge is 2.33. The molecule has 0 spiro atoms. The molecule has 0 radical (unpaired) electrons. The topological polar surface area (TPSA) is 16.1 Å². The van der Waals surface area contributed by atoms with Gasteiger partial charge in [-0.25, -0.2) is 0 Å². The number of nitrogens with zero attached hydrogens (tertiary/aromatic N) is 2. The van der Waals surface area contributed by atoms with E-state index in [0.717, 1.165) is 19.1 Å². The van der Waals surface area contributed by atoms with Crippen molar-refractivity contribution in [3.8, 4) is 11.1 Å². The highest BCUT2D eigenvalue weighted by atomic mass is 15.2. The number of hydrogen-bond acceptors (Lipinski definition) is 2. The Labute approximate surface area is 114 Å². The summed E-state index contributed by atoms with van der Waals surface area (Å²) in [6.07, 6.45) is 6.57. The predicted molar refractivity (Wildman–Crippen MR) is 76.7 cm³/mol. The quantitative estimate of drug-likeness (QED) is 0.810. The molecule has 0 N–H and O–H groups in total. The molecule has 2 aliphatic rings. The van der Waals surface area contributed by atoms with Crippen LogP contribution in [0.15, 0.2) is 36.7 Å². The average molecular weight is 250 g/mol. The highest BCUT2D eigenvalue weighted by molar-refractivity contribution is 5.65. The molecule has 0 bridgehead atoms. The number of benzene rings is 1. The third kappa shape index (κ3) is 1.96. The molecule has 2 heterocycles. The maximum Gasteiger partial charge on any atom is 0.0346 e. The Bertz CT molecular complexity index is 615. The first-order valence-electron chi connectivity index (χ1n) is 7.08. The average Bonchev–Trinajstić information content (AvgIpc) is 3.20. The lowest BCUT2D eigenvalue weighted by molar-refractivity contribution is 0.273. The molecule has 0 atom stereocenters. The molecule has 2 heteroatoms. The molecule has 0 unspecified atom stereocenters. The van der Waals surface area contributed by atoms with Crippen molar-refractivity contribution < 1.29 is 0 Å². The van der Waals surface area contributed by atoms with Gasteiger partial charge >= 0.3 is 0 Å². The molecule has 1 saturated carbocycles. The van der Waals surface area contributed by atoms with Crippen LogP contribution in [-0.4, -0.2) is 15.9 Å². The lowest BCUT2D eigenvalue weighted by Crippen LogP contribution is -2.18. The zero-order valence-corrected chi connectivity index (χ0v) is 11.3. The van der Waals surface area contributed by atoms with Crippen molar-refractivity contribution in [2.24, 2.45) is 0 Å². The minimum Gasteiger partial charge on any atom is -0.292 e. The van der Waals surface area contributed by atoms with Crippen LogP contribution >= 0.6 is 0 Å². The summed E-state index contributed by atoms with van der Waals surface area (Å²) in [7, 11) is 0. The molecule has 1 aromatic carbocycles. The van der Waals surface area contributed by atoms with Crippen LogP contribution in [0, 0.1) is 6.92 Å². The van der Waals surface area contributed by atoms with Crippen LogP contribution in [0.5, 0.6) is 0 Å². The molecule has 19 heavy (non-hydrogen) atoms. The fourth-order valence-corrected chi connectivity index (χ4v) is 3.13. The van der Waals surface area contributed by atoms with Crippen LogP contribution in [0.1, 0.15) is 29.5 Å². The van der Waals surface area contributed by atoms with Gasteiger partial charge in [-0.1, -0.05) is 12.1 Å². The van der Waals surface area contributed by atoms with Gasteiger partial charge in [-0.2, -0.15) is 0 Å². The number of aryl methyl sites for hydroxylation is 1. The summed E-state index contributed by atoms with van der Waals surface area (Å²) in [4.78, 5) is 6.86. The molecule has 96 valence electrons. The van der Waals surface area contributed by atoms with Crippen LogP contribution in [0.25, 0.3) is 11.1 Å². The standard InChI is InChI=1S/C17H18N2/c1-12-7-14(13-3-2-6-18-9-13)8-15-10-19(11-17(12)15)16-4-5-16/h2-3,6-9,16H,4-5,10-11H2,1H3. The van der Waals surface area contributed by atoms with Crippen molar-refractivity contribution in [2.75, 3.05) is 0 Å². The van der Waals surface area contributed by atoms with Gasteiger partial charge in [-0.05, 0) is 54.2 Å². The molecule has 1 aliphatic heterocycles. The summed E-state index contributed by atoms with van der Waals surface area (Å²) in [5, 5.41) is 0. The van der Waals surface area contributed by atoms with Crippen LogP contribution in [-0.2, 0) is 13.1 Å². The lowest BCUT2D eigenvalue weighted by atomic mass is 9.97. The van der Waals surface area contributed by atoms with Crippen molar-refractivity contribution >= 4 is 0 Å². The fraction of sp³-hybridized carbons (Fsp3) is 0.353. The second-order valence-corrected chi connectivity index (χ2v) is 5.81. The van der Waals surface area contributed by atoms with Crippen molar-refractivity contribution in [1.82, 2.24) is 9.88 Å². The van der Waals surface area contributed by atoms with Gasteiger partial charge in [0.2, 0.25) is 0 Å². The highest BCUT2D eigenvalue weighted by Crippen LogP contribution is 2.37. The summed E-state index contributed by atoms with van der Waals surface area (Å²) >= 11 is 0. The van der Waals surface area contributed by atoms with Gasteiger partial charge in [-0.15, -0.1) is 0 Å². The van der Waals surface area contributed by atoms with Crippen molar-refractivity contribution in [1.29, 1.82) is 0 Å². The molecule has 0 saturated heterocycles. The number of aromatic nitrogens is 1. The Morgan fingerprint density at radius 3 is 2.79 bits per heavy atom. The van der Waals surface area contributed by atoms with Gasteiger partial charge in [0.1, 0.15) is 0 Å². The molecule has 2 aromatic rings. The summed E-state index contributed by atoms with van der Waals surface area (Å²) in [5.74, 6) is 0. The van der Waals surface area contributed by atoms with Crippen LogP contribution in [0.3, 0.4) is 0 Å². The zero-order chi connectivity index (χ0) is 12.8. The third-order valence-electron chi connectivity index (χ3n) is 4.36. The minimum atomic E-state index is 0.855. The van der Waals surface area contributed by atoms with E-state index in [1.54, 1.807) is 5.56 Å². The van der Waals surface area contributed by atoms with E-state index in [-0.39, 0.29) is 0 Å². The molecule has 4 rings (SSSR count). The van der Waals surface area contributed by atoms with Crippen molar-refractivity contribution in [2.45, 2.75) is 38.9 Å². The normalized spacial score (nSPS) is 18.6. The number of hydrogen-bond donors (Lipinski definition) is 0. The first-order chi connectivity index (χ1) is 9.31. The Morgan fingerprint density at radius 1 is 1.16 bits per heavy atom. The first kappa shape index (κ1) is 11.2. The molecule has 0 amide bonds. The third-order valence-corrected chi connectivity index (χ3v) is 4.36. The van der Waals surface area contributed by atoms with E-state index in [2.05, 4.69) is 35.0 Å². The van der Waals surface area contributed by atoms with E-state index in [9.17, 15) is 0 Å². The Kier molecular flexibility index (Phi) is 2.46. The van der Waals surface area contributed by atoms with E-state index < -0.39 is 0 Å². The molecule has 2 nitrogen and oxygen atoms in total. The minimum absolute atomic E-state index is 0.855. The Morgan fingerprint density at radius 2 is 2.05 bits per heavy atom. The van der Waals surface area contributed by atoms with Gasteiger partial charge in [0.15, 0.2) is 0 Å². The van der Waals surface area contributed by atoms with Crippen LogP contribution in [0.2, 0.25) is 0 Å². The first-order valence-corrected chi connectivity index (χ1v) is 7.08. The van der Waals surface area contributed by atoms with E-state index in [4.69, 9.17) is 0 Å². The fourth-order valence-electron chi connectivity index (χ4n) is 3.13. The largest absolute Gasteiger partial charge is 0.292 e. The SMILES string of the molecule is Cc1cc(-c2cccnc2)cc2c1CN(C1CC1)C2. The molecular formula is C17H18N2. The smallest absolute Gasteiger partial charge is 0.0346 e. The van der Waals surface area contributed by atoms with E-state index >= 15 is 0 Å². The summed E-state index contributed by atoms with van der Waals surface area (Å²) < 4.78 is 0. The molecule has 1 fully saturated rings.